The molecule has 1 aliphatic heterocycles. The Morgan fingerprint density at radius 3 is 2.58 bits per heavy atom. The SMILES string of the molecule is CC1(C)OCCC12CC2C(=O)O. The van der Waals surface area contributed by atoms with Gasteiger partial charge in [-0.3, -0.25) is 4.79 Å². The fourth-order valence-electron chi connectivity index (χ4n) is 2.50. The van der Waals surface area contributed by atoms with Gasteiger partial charge in [0.15, 0.2) is 0 Å². The van der Waals surface area contributed by atoms with Gasteiger partial charge >= 0.3 is 5.97 Å². The molecule has 3 heteroatoms. The molecular formula is C9H14O3. The Kier molecular flexibility index (Phi) is 1.35. The van der Waals surface area contributed by atoms with Crippen molar-refractivity contribution in [2.45, 2.75) is 32.3 Å². The molecule has 1 N–H and O–H groups in total. The molecule has 2 fully saturated rings. The monoisotopic (exact) mass is 170 g/mol. The van der Waals surface area contributed by atoms with E-state index in [0.29, 0.717) is 0 Å². The van der Waals surface area contributed by atoms with Gasteiger partial charge in [0.25, 0.3) is 0 Å². The van der Waals surface area contributed by atoms with Crippen molar-refractivity contribution in [3.63, 3.8) is 0 Å². The maximum absolute atomic E-state index is 10.8. The highest BCUT2D eigenvalue weighted by Gasteiger charge is 2.68. The van der Waals surface area contributed by atoms with Gasteiger partial charge in [0.2, 0.25) is 0 Å². The number of hydrogen-bond donors (Lipinski definition) is 1. The summed E-state index contributed by atoms with van der Waals surface area (Å²) >= 11 is 0. The summed E-state index contributed by atoms with van der Waals surface area (Å²) in [7, 11) is 0. The van der Waals surface area contributed by atoms with Crippen molar-refractivity contribution in [3.8, 4) is 0 Å². The second-order valence-electron chi connectivity index (χ2n) is 4.36. The van der Waals surface area contributed by atoms with Crippen molar-refractivity contribution in [2.75, 3.05) is 6.61 Å². The molecule has 1 heterocycles. The highest BCUT2D eigenvalue weighted by molar-refractivity contribution is 5.75. The van der Waals surface area contributed by atoms with Crippen LogP contribution < -0.4 is 0 Å². The van der Waals surface area contributed by atoms with Crippen molar-refractivity contribution in [2.24, 2.45) is 11.3 Å². The van der Waals surface area contributed by atoms with E-state index in [4.69, 9.17) is 9.84 Å². The van der Waals surface area contributed by atoms with Crippen molar-refractivity contribution >= 4 is 5.97 Å². The summed E-state index contributed by atoms with van der Waals surface area (Å²) in [5.41, 5.74) is -0.269. The predicted octanol–water partition coefficient (Wildman–Crippen LogP) is 1.28. The molecule has 0 aromatic heterocycles. The summed E-state index contributed by atoms with van der Waals surface area (Å²) in [5, 5.41) is 8.86. The lowest BCUT2D eigenvalue weighted by Gasteiger charge is -2.25. The normalized spacial score (nSPS) is 43.3. The zero-order valence-corrected chi connectivity index (χ0v) is 7.46. The van der Waals surface area contributed by atoms with E-state index in [1.54, 1.807) is 0 Å². The fraction of sp³-hybridized carbons (Fsp3) is 0.889. The first-order valence-corrected chi connectivity index (χ1v) is 4.36. The molecule has 68 valence electrons. The number of carboxylic acids is 1. The molecule has 2 rings (SSSR count). The first-order chi connectivity index (χ1) is 5.50. The first-order valence-electron chi connectivity index (χ1n) is 4.36. The van der Waals surface area contributed by atoms with Crippen LogP contribution >= 0.6 is 0 Å². The van der Waals surface area contributed by atoms with Gasteiger partial charge in [-0.15, -0.1) is 0 Å². The predicted molar refractivity (Wildman–Crippen MR) is 42.8 cm³/mol. The Hall–Kier alpha value is -0.570. The van der Waals surface area contributed by atoms with Crippen molar-refractivity contribution in [1.82, 2.24) is 0 Å². The van der Waals surface area contributed by atoms with Gasteiger partial charge in [0, 0.05) is 12.0 Å². The lowest BCUT2D eigenvalue weighted by atomic mass is 9.85. The van der Waals surface area contributed by atoms with Crippen LogP contribution in [0.1, 0.15) is 26.7 Å². The molecule has 12 heavy (non-hydrogen) atoms. The molecule has 0 amide bonds. The van der Waals surface area contributed by atoms with Gasteiger partial charge in [0.1, 0.15) is 0 Å². The summed E-state index contributed by atoms with van der Waals surface area (Å²) in [4.78, 5) is 10.8. The van der Waals surface area contributed by atoms with E-state index in [1.807, 2.05) is 13.8 Å². The Balaban J connectivity index is 2.20. The van der Waals surface area contributed by atoms with E-state index in [0.717, 1.165) is 19.4 Å². The number of carbonyl (C=O) groups is 1. The third-order valence-electron chi connectivity index (χ3n) is 3.58. The van der Waals surface area contributed by atoms with E-state index in [-0.39, 0.29) is 16.9 Å². The molecule has 1 spiro atoms. The Bertz CT molecular complexity index is 234. The largest absolute Gasteiger partial charge is 0.481 e. The molecule has 2 atom stereocenters. The summed E-state index contributed by atoms with van der Waals surface area (Å²) in [6.07, 6.45) is 1.71. The summed E-state index contributed by atoms with van der Waals surface area (Å²) in [6, 6.07) is 0. The van der Waals surface area contributed by atoms with Crippen molar-refractivity contribution in [1.29, 1.82) is 0 Å². The molecule has 2 unspecified atom stereocenters. The van der Waals surface area contributed by atoms with Gasteiger partial charge < -0.3 is 9.84 Å². The minimum Gasteiger partial charge on any atom is -0.481 e. The van der Waals surface area contributed by atoms with Gasteiger partial charge in [-0.05, 0) is 26.7 Å². The molecule has 0 aromatic carbocycles. The van der Waals surface area contributed by atoms with E-state index >= 15 is 0 Å². The Morgan fingerprint density at radius 1 is 1.58 bits per heavy atom. The van der Waals surface area contributed by atoms with Crippen LogP contribution in [0.2, 0.25) is 0 Å². The van der Waals surface area contributed by atoms with E-state index in [2.05, 4.69) is 0 Å². The van der Waals surface area contributed by atoms with Crippen molar-refractivity contribution in [3.05, 3.63) is 0 Å². The van der Waals surface area contributed by atoms with E-state index in [1.165, 1.54) is 0 Å². The smallest absolute Gasteiger partial charge is 0.307 e. The van der Waals surface area contributed by atoms with E-state index in [9.17, 15) is 4.79 Å². The molecular weight excluding hydrogens is 156 g/mol. The maximum atomic E-state index is 10.8. The number of carboxylic acid groups (broad SMARTS) is 1. The molecule has 1 saturated carbocycles. The highest BCUT2D eigenvalue weighted by Crippen LogP contribution is 2.65. The van der Waals surface area contributed by atoms with Crippen LogP contribution in [-0.2, 0) is 9.53 Å². The van der Waals surface area contributed by atoms with Crippen LogP contribution in [0, 0.1) is 11.3 Å². The van der Waals surface area contributed by atoms with Gasteiger partial charge in [0.05, 0.1) is 11.5 Å². The quantitative estimate of drug-likeness (QED) is 0.644. The van der Waals surface area contributed by atoms with Crippen LogP contribution in [0.25, 0.3) is 0 Å². The molecule has 0 radical (unpaired) electrons. The van der Waals surface area contributed by atoms with E-state index < -0.39 is 5.97 Å². The lowest BCUT2D eigenvalue weighted by molar-refractivity contribution is -0.140. The van der Waals surface area contributed by atoms with Crippen LogP contribution in [-0.4, -0.2) is 23.3 Å². The standard InChI is InChI=1S/C9H14O3/c1-8(2)9(3-4-12-8)5-6(9)7(10)11/h6H,3-5H2,1-2H3,(H,10,11). The fourth-order valence-corrected chi connectivity index (χ4v) is 2.50. The van der Waals surface area contributed by atoms with Gasteiger partial charge in [-0.2, -0.15) is 0 Å². The second-order valence-corrected chi connectivity index (χ2v) is 4.36. The van der Waals surface area contributed by atoms with Crippen LogP contribution in [0.5, 0.6) is 0 Å². The zero-order chi connectivity index (χ0) is 8.98. The van der Waals surface area contributed by atoms with Gasteiger partial charge in [-0.1, -0.05) is 0 Å². The molecule has 0 bridgehead atoms. The van der Waals surface area contributed by atoms with Crippen LogP contribution in [0.4, 0.5) is 0 Å². The Morgan fingerprint density at radius 2 is 2.25 bits per heavy atom. The minimum absolute atomic E-state index is 0.0428. The minimum atomic E-state index is -0.659. The van der Waals surface area contributed by atoms with Crippen molar-refractivity contribution < 1.29 is 14.6 Å². The highest BCUT2D eigenvalue weighted by atomic mass is 16.5. The summed E-state index contributed by atoms with van der Waals surface area (Å²) in [5.74, 6) is -0.816. The summed E-state index contributed by atoms with van der Waals surface area (Å²) < 4.78 is 5.54. The number of rotatable bonds is 1. The lowest BCUT2D eigenvalue weighted by Crippen LogP contribution is -2.31. The third-order valence-corrected chi connectivity index (χ3v) is 3.58. The van der Waals surface area contributed by atoms with Crippen LogP contribution in [0.15, 0.2) is 0 Å². The average Bonchev–Trinajstić information content (AvgIpc) is 2.56. The topological polar surface area (TPSA) is 46.5 Å². The molecule has 1 saturated heterocycles. The average molecular weight is 170 g/mol. The Labute approximate surface area is 71.7 Å². The number of aliphatic carboxylic acids is 1. The number of hydrogen-bond acceptors (Lipinski definition) is 2. The molecule has 1 aliphatic carbocycles. The molecule has 0 aromatic rings. The van der Waals surface area contributed by atoms with Crippen LogP contribution in [0.3, 0.4) is 0 Å². The molecule has 2 aliphatic rings. The molecule has 3 nitrogen and oxygen atoms in total. The first kappa shape index (κ1) is 8.05. The van der Waals surface area contributed by atoms with Gasteiger partial charge in [-0.25, -0.2) is 0 Å². The second kappa shape index (κ2) is 2.02. The summed E-state index contributed by atoms with van der Waals surface area (Å²) in [6.45, 7) is 4.72. The number of ether oxygens (including phenoxy) is 1. The maximum Gasteiger partial charge on any atom is 0.307 e. The zero-order valence-electron chi connectivity index (χ0n) is 7.46. The third kappa shape index (κ3) is 0.774.